The van der Waals surface area contributed by atoms with Gasteiger partial charge in [0.2, 0.25) is 0 Å². The fourth-order valence-electron chi connectivity index (χ4n) is 5.29. The number of hydrogen-bond acceptors (Lipinski definition) is 4. The number of nitrogens with zero attached hydrogens (tertiary/aromatic N) is 2. The maximum Gasteiger partial charge on any atom is 0.309 e. The van der Waals surface area contributed by atoms with Crippen molar-refractivity contribution in [2.24, 2.45) is 5.92 Å². The van der Waals surface area contributed by atoms with Gasteiger partial charge in [-0.1, -0.05) is 104 Å². The first-order valence-corrected chi connectivity index (χ1v) is 14.3. The van der Waals surface area contributed by atoms with Crippen LogP contribution in [0, 0.1) is 5.92 Å². The Labute approximate surface area is 233 Å². The van der Waals surface area contributed by atoms with Crippen LogP contribution in [0.2, 0.25) is 0 Å². The minimum absolute atomic E-state index is 0.138. The normalized spacial score (nSPS) is 12.3. The Hall–Kier alpha value is -3.70. The van der Waals surface area contributed by atoms with Crippen molar-refractivity contribution >= 4 is 5.97 Å². The molecule has 1 heterocycles. The third kappa shape index (κ3) is 7.24. The zero-order valence-electron chi connectivity index (χ0n) is 23.3. The van der Waals surface area contributed by atoms with Gasteiger partial charge in [-0.15, -0.1) is 0 Å². The van der Waals surface area contributed by atoms with Crippen molar-refractivity contribution in [3.8, 4) is 0 Å². The van der Waals surface area contributed by atoms with Crippen LogP contribution < -0.4 is 5.32 Å². The molecule has 1 atom stereocenters. The zero-order chi connectivity index (χ0) is 27.3. The van der Waals surface area contributed by atoms with Gasteiger partial charge in [-0.2, -0.15) is 0 Å². The number of rotatable bonds is 15. The molecule has 0 aliphatic rings. The maximum atomic E-state index is 12.9. The number of aromatic nitrogens is 2. The van der Waals surface area contributed by atoms with Crippen molar-refractivity contribution in [1.29, 1.82) is 0 Å². The van der Waals surface area contributed by atoms with Crippen molar-refractivity contribution in [2.45, 2.75) is 58.0 Å². The van der Waals surface area contributed by atoms with Gasteiger partial charge >= 0.3 is 5.97 Å². The molecule has 1 N–H and O–H groups in total. The quantitative estimate of drug-likeness (QED) is 0.106. The molecule has 4 aromatic rings. The molecule has 0 spiro atoms. The second kappa shape index (κ2) is 14.5. The van der Waals surface area contributed by atoms with Crippen LogP contribution in [0.25, 0.3) is 0 Å². The molecule has 0 bridgehead atoms. The highest BCUT2D eigenvalue weighted by Crippen LogP contribution is 2.36. The smallest absolute Gasteiger partial charge is 0.309 e. The van der Waals surface area contributed by atoms with Crippen LogP contribution >= 0.6 is 0 Å². The number of carbonyl (C=O) groups is 1. The molecule has 5 nitrogen and oxygen atoms in total. The lowest BCUT2D eigenvalue weighted by Crippen LogP contribution is -2.45. The van der Waals surface area contributed by atoms with Crippen LogP contribution in [0.15, 0.2) is 104 Å². The first-order valence-electron chi connectivity index (χ1n) is 14.3. The van der Waals surface area contributed by atoms with Gasteiger partial charge in [0.15, 0.2) is 0 Å². The Kier molecular flexibility index (Phi) is 10.5. The zero-order valence-corrected chi connectivity index (χ0v) is 23.3. The molecule has 1 unspecified atom stereocenters. The first-order chi connectivity index (χ1) is 19.2. The molecule has 0 aliphatic heterocycles. The van der Waals surface area contributed by atoms with Crippen molar-refractivity contribution in [3.63, 3.8) is 0 Å². The van der Waals surface area contributed by atoms with Crippen LogP contribution in [0.1, 0.15) is 61.9 Å². The summed E-state index contributed by atoms with van der Waals surface area (Å²) in [4.78, 5) is 17.5. The molecule has 5 heteroatoms. The van der Waals surface area contributed by atoms with E-state index >= 15 is 0 Å². The van der Waals surface area contributed by atoms with Crippen LogP contribution in [0.4, 0.5) is 0 Å². The monoisotopic (exact) mass is 523 g/mol. The number of benzene rings is 3. The molecule has 0 fully saturated rings. The van der Waals surface area contributed by atoms with Gasteiger partial charge in [-0.25, -0.2) is 4.98 Å². The van der Waals surface area contributed by atoms with Gasteiger partial charge in [-0.05, 0) is 49.4 Å². The van der Waals surface area contributed by atoms with Gasteiger partial charge in [-0.3, -0.25) is 10.1 Å². The standard InChI is InChI=1S/C34H41N3O2/c1-3-5-24-37-26-32(35-27-37)25-28(33(38)39-4-2)16-15-23-36-34(29-17-9-6-10-18-29,30-19-11-7-12-20-30)31-21-13-8-14-22-31/h6-14,17-22,26-28,36H,3-5,15-16,23-25H2,1-2H3. The number of ether oxygens (including phenoxy) is 1. The van der Waals surface area contributed by atoms with Crippen LogP contribution in [0.3, 0.4) is 0 Å². The molecule has 39 heavy (non-hydrogen) atoms. The highest BCUT2D eigenvalue weighted by Gasteiger charge is 2.35. The summed E-state index contributed by atoms with van der Waals surface area (Å²) in [6.07, 6.45) is 8.36. The average molecular weight is 524 g/mol. The third-order valence-corrected chi connectivity index (χ3v) is 7.27. The highest BCUT2D eigenvalue weighted by atomic mass is 16.5. The number of aryl methyl sites for hydroxylation is 1. The van der Waals surface area contributed by atoms with E-state index in [2.05, 4.69) is 119 Å². The summed E-state index contributed by atoms with van der Waals surface area (Å²) in [5, 5.41) is 3.93. The lowest BCUT2D eigenvalue weighted by molar-refractivity contribution is -0.148. The van der Waals surface area contributed by atoms with Gasteiger partial charge in [0.25, 0.3) is 0 Å². The SMILES string of the molecule is CCCCn1cnc(CC(CCCNC(c2ccccc2)(c2ccccc2)c2ccccc2)C(=O)OCC)c1. The molecule has 204 valence electrons. The molecule has 0 saturated heterocycles. The van der Waals surface area contributed by atoms with Crippen molar-refractivity contribution in [1.82, 2.24) is 14.9 Å². The molecular formula is C34H41N3O2. The minimum Gasteiger partial charge on any atom is -0.466 e. The van der Waals surface area contributed by atoms with E-state index in [4.69, 9.17) is 4.74 Å². The minimum atomic E-state index is -0.513. The van der Waals surface area contributed by atoms with Crippen molar-refractivity contribution in [3.05, 3.63) is 126 Å². The Morgan fingerprint density at radius 3 is 1.95 bits per heavy atom. The van der Waals surface area contributed by atoms with Crippen molar-refractivity contribution in [2.75, 3.05) is 13.2 Å². The fraction of sp³-hybridized carbons (Fsp3) is 0.353. The molecule has 0 radical (unpaired) electrons. The molecule has 3 aromatic carbocycles. The lowest BCUT2D eigenvalue weighted by Gasteiger charge is -2.37. The fourth-order valence-corrected chi connectivity index (χ4v) is 5.29. The number of nitrogens with one attached hydrogen (secondary N) is 1. The van der Waals surface area contributed by atoms with E-state index in [0.717, 1.165) is 44.5 Å². The van der Waals surface area contributed by atoms with E-state index in [1.54, 1.807) is 0 Å². The van der Waals surface area contributed by atoms with E-state index in [-0.39, 0.29) is 11.9 Å². The molecular weight excluding hydrogens is 482 g/mol. The Bertz CT molecular complexity index is 1160. The second-order valence-electron chi connectivity index (χ2n) is 10.0. The number of carbonyl (C=O) groups excluding carboxylic acids is 1. The van der Waals surface area contributed by atoms with E-state index in [9.17, 15) is 4.79 Å². The van der Waals surface area contributed by atoms with E-state index in [1.807, 2.05) is 13.3 Å². The van der Waals surface area contributed by atoms with Gasteiger partial charge in [0.05, 0.1) is 30.1 Å². The number of esters is 1. The molecule has 0 aliphatic carbocycles. The summed E-state index contributed by atoms with van der Waals surface area (Å²) in [5.41, 5.74) is 3.98. The lowest BCUT2D eigenvalue weighted by atomic mass is 9.77. The Morgan fingerprint density at radius 2 is 1.44 bits per heavy atom. The molecule has 0 saturated carbocycles. The summed E-state index contributed by atoms with van der Waals surface area (Å²) >= 11 is 0. The van der Waals surface area contributed by atoms with Gasteiger partial charge in [0.1, 0.15) is 0 Å². The summed E-state index contributed by atoms with van der Waals surface area (Å²) in [6.45, 7) is 6.13. The van der Waals surface area contributed by atoms with Crippen LogP contribution in [0.5, 0.6) is 0 Å². The van der Waals surface area contributed by atoms with Gasteiger partial charge < -0.3 is 9.30 Å². The molecule has 0 amide bonds. The second-order valence-corrected chi connectivity index (χ2v) is 10.0. The van der Waals surface area contributed by atoms with E-state index < -0.39 is 5.54 Å². The molecule has 4 rings (SSSR count). The number of hydrogen-bond donors (Lipinski definition) is 1. The largest absolute Gasteiger partial charge is 0.466 e. The maximum absolute atomic E-state index is 12.9. The molecule has 1 aromatic heterocycles. The average Bonchev–Trinajstić information content (AvgIpc) is 3.44. The summed E-state index contributed by atoms with van der Waals surface area (Å²) in [7, 11) is 0. The predicted molar refractivity (Wildman–Crippen MR) is 157 cm³/mol. The Balaban J connectivity index is 1.54. The summed E-state index contributed by atoms with van der Waals surface area (Å²) in [6, 6.07) is 31.8. The predicted octanol–water partition coefficient (Wildman–Crippen LogP) is 6.77. The number of imidazole rings is 1. The highest BCUT2D eigenvalue weighted by molar-refractivity contribution is 5.72. The van der Waals surface area contributed by atoms with Crippen molar-refractivity contribution < 1.29 is 9.53 Å². The van der Waals surface area contributed by atoms with Crippen LogP contribution in [-0.2, 0) is 28.0 Å². The summed E-state index contributed by atoms with van der Waals surface area (Å²) in [5.74, 6) is -0.359. The Morgan fingerprint density at radius 1 is 0.872 bits per heavy atom. The van der Waals surface area contributed by atoms with Gasteiger partial charge in [0, 0.05) is 19.2 Å². The topological polar surface area (TPSA) is 56.2 Å². The third-order valence-electron chi connectivity index (χ3n) is 7.27. The van der Waals surface area contributed by atoms with E-state index in [1.165, 1.54) is 16.7 Å². The van der Waals surface area contributed by atoms with Crippen LogP contribution in [-0.4, -0.2) is 28.7 Å². The first kappa shape index (κ1) is 28.3. The number of unbranched alkanes of at least 4 members (excludes halogenated alkanes) is 1. The van der Waals surface area contributed by atoms with E-state index in [0.29, 0.717) is 13.0 Å². The summed E-state index contributed by atoms with van der Waals surface area (Å²) < 4.78 is 7.58.